The van der Waals surface area contributed by atoms with Gasteiger partial charge in [-0.05, 0) is 54.5 Å². The molecule has 0 aliphatic rings. The number of rotatable bonds is 0. The zero-order chi connectivity index (χ0) is 15.4. The van der Waals surface area contributed by atoms with E-state index in [1.54, 1.807) is 0 Å². The van der Waals surface area contributed by atoms with Gasteiger partial charge in [-0.2, -0.15) is 0 Å². The highest BCUT2D eigenvalue weighted by atomic mass is 14.7. The fourth-order valence-corrected chi connectivity index (χ4v) is 3.24. The molecule has 1 heteroatoms. The topological polar surface area (TPSA) is 12.9 Å². The van der Waals surface area contributed by atoms with Crippen LogP contribution in [0.3, 0.4) is 0 Å². The Hall–Kier alpha value is -1.89. The van der Waals surface area contributed by atoms with Crippen LogP contribution in [0.2, 0.25) is 0 Å². The van der Waals surface area contributed by atoms with Crippen molar-refractivity contribution in [2.45, 2.75) is 47.0 Å². The fourth-order valence-electron chi connectivity index (χ4n) is 3.24. The van der Waals surface area contributed by atoms with Crippen molar-refractivity contribution in [2.75, 3.05) is 0 Å². The molecule has 0 aliphatic heterocycles. The lowest BCUT2D eigenvalue weighted by Gasteiger charge is -2.25. The summed E-state index contributed by atoms with van der Waals surface area (Å²) >= 11 is 0. The minimum Gasteiger partial charge on any atom is -0.247 e. The molecule has 0 saturated heterocycles. The standard InChI is InChI=1S/C20H23N/c1-12-7-10-15-16(11-12)21-19-14(3)9-8-13(2)17(19)18(15)20(4,5)6/h7-11H,1-6H3. The van der Waals surface area contributed by atoms with Crippen LogP contribution in [0.15, 0.2) is 30.3 Å². The van der Waals surface area contributed by atoms with Gasteiger partial charge in [0.2, 0.25) is 0 Å². The summed E-state index contributed by atoms with van der Waals surface area (Å²) in [6.45, 7) is 13.4. The van der Waals surface area contributed by atoms with Gasteiger partial charge >= 0.3 is 0 Å². The molecule has 0 bridgehead atoms. The van der Waals surface area contributed by atoms with Gasteiger partial charge in [0.05, 0.1) is 11.0 Å². The van der Waals surface area contributed by atoms with Crippen LogP contribution >= 0.6 is 0 Å². The number of fused-ring (bicyclic) bond motifs is 2. The van der Waals surface area contributed by atoms with Crippen LogP contribution in [0.1, 0.15) is 43.0 Å². The molecule has 1 heterocycles. The third-order valence-corrected chi connectivity index (χ3v) is 4.24. The third-order valence-electron chi connectivity index (χ3n) is 4.24. The molecule has 0 spiro atoms. The number of nitrogens with zero attached hydrogens (tertiary/aromatic N) is 1. The van der Waals surface area contributed by atoms with Gasteiger partial charge in [0.15, 0.2) is 0 Å². The predicted molar refractivity (Wildman–Crippen MR) is 92.2 cm³/mol. The van der Waals surface area contributed by atoms with E-state index in [-0.39, 0.29) is 5.41 Å². The fraction of sp³-hybridized carbons (Fsp3) is 0.350. The molecule has 1 aromatic heterocycles. The van der Waals surface area contributed by atoms with Gasteiger partial charge in [0.1, 0.15) is 0 Å². The van der Waals surface area contributed by atoms with Crippen molar-refractivity contribution in [3.8, 4) is 0 Å². The molecule has 0 saturated carbocycles. The Bertz CT molecular complexity index is 851. The van der Waals surface area contributed by atoms with Crippen molar-refractivity contribution >= 4 is 21.8 Å². The molecule has 0 atom stereocenters. The molecule has 2 aromatic carbocycles. The van der Waals surface area contributed by atoms with Crippen LogP contribution in [0.4, 0.5) is 0 Å². The quantitative estimate of drug-likeness (QED) is 0.487. The van der Waals surface area contributed by atoms with E-state index in [0.717, 1.165) is 11.0 Å². The second kappa shape index (κ2) is 4.56. The number of pyridine rings is 1. The zero-order valence-corrected chi connectivity index (χ0v) is 13.8. The van der Waals surface area contributed by atoms with E-state index < -0.39 is 0 Å². The Kier molecular flexibility index (Phi) is 3.05. The van der Waals surface area contributed by atoms with Crippen molar-refractivity contribution in [3.05, 3.63) is 52.6 Å². The summed E-state index contributed by atoms with van der Waals surface area (Å²) < 4.78 is 0. The first-order valence-corrected chi connectivity index (χ1v) is 7.60. The largest absolute Gasteiger partial charge is 0.247 e. The highest BCUT2D eigenvalue weighted by Gasteiger charge is 2.22. The van der Waals surface area contributed by atoms with Crippen molar-refractivity contribution < 1.29 is 0 Å². The highest BCUT2D eigenvalue weighted by molar-refractivity contribution is 6.01. The SMILES string of the molecule is Cc1ccc2c(C(C)(C)C)c3c(C)ccc(C)c3nc2c1. The molecule has 21 heavy (non-hydrogen) atoms. The molecule has 0 fully saturated rings. The lowest BCUT2D eigenvalue weighted by Crippen LogP contribution is -2.14. The highest BCUT2D eigenvalue weighted by Crippen LogP contribution is 2.38. The average Bonchev–Trinajstić information content (AvgIpc) is 2.39. The smallest absolute Gasteiger partial charge is 0.0744 e. The van der Waals surface area contributed by atoms with Gasteiger partial charge in [0.25, 0.3) is 0 Å². The van der Waals surface area contributed by atoms with Crippen LogP contribution in [-0.2, 0) is 5.41 Å². The van der Waals surface area contributed by atoms with Crippen molar-refractivity contribution in [3.63, 3.8) is 0 Å². The minimum absolute atomic E-state index is 0.0905. The van der Waals surface area contributed by atoms with Crippen LogP contribution < -0.4 is 0 Å². The van der Waals surface area contributed by atoms with E-state index in [9.17, 15) is 0 Å². The van der Waals surface area contributed by atoms with Gasteiger partial charge in [-0.15, -0.1) is 0 Å². The zero-order valence-electron chi connectivity index (χ0n) is 13.8. The maximum atomic E-state index is 4.97. The van der Waals surface area contributed by atoms with Crippen molar-refractivity contribution in [1.29, 1.82) is 0 Å². The molecule has 1 nitrogen and oxygen atoms in total. The minimum atomic E-state index is 0.0905. The van der Waals surface area contributed by atoms with Gasteiger partial charge in [0, 0.05) is 10.8 Å². The van der Waals surface area contributed by atoms with Crippen LogP contribution in [0.5, 0.6) is 0 Å². The van der Waals surface area contributed by atoms with Gasteiger partial charge in [-0.3, -0.25) is 0 Å². The Morgan fingerprint density at radius 3 is 2.19 bits per heavy atom. The molecule has 0 N–H and O–H groups in total. The monoisotopic (exact) mass is 277 g/mol. The summed E-state index contributed by atoms with van der Waals surface area (Å²) in [7, 11) is 0. The second-order valence-corrected chi connectivity index (χ2v) is 7.18. The molecule has 0 unspecified atom stereocenters. The van der Waals surface area contributed by atoms with E-state index in [1.807, 2.05) is 0 Å². The Balaban J connectivity index is 2.65. The van der Waals surface area contributed by atoms with Crippen LogP contribution in [0, 0.1) is 20.8 Å². The number of hydrogen-bond acceptors (Lipinski definition) is 1. The summed E-state index contributed by atoms with van der Waals surface area (Å²) in [6.07, 6.45) is 0. The van der Waals surface area contributed by atoms with Crippen LogP contribution in [-0.4, -0.2) is 4.98 Å². The van der Waals surface area contributed by atoms with Crippen LogP contribution in [0.25, 0.3) is 21.8 Å². The lowest BCUT2D eigenvalue weighted by atomic mass is 9.80. The molecule has 0 radical (unpaired) electrons. The summed E-state index contributed by atoms with van der Waals surface area (Å²) in [4.78, 5) is 4.97. The summed E-state index contributed by atoms with van der Waals surface area (Å²) in [5.41, 5.74) is 7.61. The predicted octanol–water partition coefficient (Wildman–Crippen LogP) is 5.61. The maximum Gasteiger partial charge on any atom is 0.0744 e. The number of hydrogen-bond donors (Lipinski definition) is 0. The molecule has 3 aromatic rings. The normalized spacial score (nSPS) is 12.3. The van der Waals surface area contributed by atoms with Crippen molar-refractivity contribution in [2.24, 2.45) is 0 Å². The van der Waals surface area contributed by atoms with E-state index in [0.29, 0.717) is 0 Å². The molecule has 0 aliphatic carbocycles. The van der Waals surface area contributed by atoms with Crippen molar-refractivity contribution in [1.82, 2.24) is 4.98 Å². The second-order valence-electron chi connectivity index (χ2n) is 7.18. The maximum absolute atomic E-state index is 4.97. The van der Waals surface area contributed by atoms with Gasteiger partial charge in [-0.25, -0.2) is 4.98 Å². The van der Waals surface area contributed by atoms with E-state index in [2.05, 4.69) is 71.9 Å². The first-order valence-electron chi connectivity index (χ1n) is 7.60. The number of benzene rings is 2. The first kappa shape index (κ1) is 14.1. The summed E-state index contributed by atoms with van der Waals surface area (Å²) in [6, 6.07) is 11.0. The first-order chi connectivity index (χ1) is 9.79. The van der Waals surface area contributed by atoms with E-state index in [1.165, 1.54) is 33.0 Å². The summed E-state index contributed by atoms with van der Waals surface area (Å²) in [5.74, 6) is 0. The van der Waals surface area contributed by atoms with Gasteiger partial charge in [-0.1, -0.05) is 45.0 Å². The summed E-state index contributed by atoms with van der Waals surface area (Å²) in [5, 5.41) is 2.62. The van der Waals surface area contributed by atoms with Gasteiger partial charge < -0.3 is 0 Å². The Morgan fingerprint density at radius 2 is 1.52 bits per heavy atom. The molecule has 3 rings (SSSR count). The average molecular weight is 277 g/mol. The lowest BCUT2D eigenvalue weighted by molar-refractivity contribution is 0.600. The molecular weight excluding hydrogens is 254 g/mol. The van der Waals surface area contributed by atoms with E-state index in [4.69, 9.17) is 4.98 Å². The Labute approximate surface area is 127 Å². The number of aromatic nitrogens is 1. The Morgan fingerprint density at radius 1 is 0.857 bits per heavy atom. The molecule has 0 amide bonds. The molecular formula is C20H23N. The molecule has 108 valence electrons. The van der Waals surface area contributed by atoms with E-state index >= 15 is 0 Å². The third kappa shape index (κ3) is 2.21. The number of aryl methyl sites for hydroxylation is 3.